The van der Waals surface area contributed by atoms with Crippen LogP contribution in [0.15, 0.2) is 53.4 Å². The number of hydrogen-bond acceptors (Lipinski definition) is 3. The number of sulfonamides is 1. The molecular weight excluding hydrogens is 286 g/mol. The van der Waals surface area contributed by atoms with Crippen LogP contribution in [0.25, 0.3) is 0 Å². The van der Waals surface area contributed by atoms with Crippen LogP contribution in [0.2, 0.25) is 5.02 Å². The maximum absolute atomic E-state index is 12.0. The lowest BCUT2D eigenvalue weighted by molar-refractivity contribution is 0.474. The maximum Gasteiger partial charge on any atom is 0.240 e. The zero-order valence-corrected chi connectivity index (χ0v) is 11.4. The standard InChI is InChI=1S/C13H12ClNO3S/c14-11-4-6-13(7-5-11)19(17,18)15-9-10-2-1-3-12(16)8-10/h1-8,15-16H,9H2. The Morgan fingerprint density at radius 1 is 1.11 bits per heavy atom. The van der Waals surface area contributed by atoms with Crippen LogP contribution < -0.4 is 4.72 Å². The van der Waals surface area contributed by atoms with Crippen molar-refractivity contribution in [3.05, 3.63) is 59.1 Å². The number of phenols is 1. The minimum absolute atomic E-state index is 0.100. The molecule has 100 valence electrons. The van der Waals surface area contributed by atoms with Gasteiger partial charge in [0, 0.05) is 11.6 Å². The second kappa shape index (κ2) is 5.61. The molecule has 2 aromatic rings. The first-order valence-electron chi connectivity index (χ1n) is 5.50. The first-order chi connectivity index (χ1) is 8.97. The van der Waals surface area contributed by atoms with Crippen molar-refractivity contribution in [2.75, 3.05) is 0 Å². The minimum Gasteiger partial charge on any atom is -0.508 e. The highest BCUT2D eigenvalue weighted by molar-refractivity contribution is 7.89. The van der Waals surface area contributed by atoms with E-state index in [-0.39, 0.29) is 17.2 Å². The Hall–Kier alpha value is -1.56. The molecule has 0 spiro atoms. The minimum atomic E-state index is -3.58. The Morgan fingerprint density at radius 3 is 2.42 bits per heavy atom. The number of rotatable bonds is 4. The van der Waals surface area contributed by atoms with E-state index >= 15 is 0 Å². The molecule has 2 aromatic carbocycles. The number of halogens is 1. The van der Waals surface area contributed by atoms with Crippen LogP contribution in [0.1, 0.15) is 5.56 Å². The molecule has 0 unspecified atom stereocenters. The zero-order valence-electron chi connectivity index (χ0n) is 9.88. The highest BCUT2D eigenvalue weighted by Gasteiger charge is 2.13. The van der Waals surface area contributed by atoms with E-state index < -0.39 is 10.0 Å². The van der Waals surface area contributed by atoms with Crippen LogP contribution in [0, 0.1) is 0 Å². The Labute approximate surface area is 116 Å². The average Bonchev–Trinajstić information content (AvgIpc) is 2.37. The summed E-state index contributed by atoms with van der Waals surface area (Å²) in [6.45, 7) is 0.110. The molecular formula is C13H12ClNO3S. The summed E-state index contributed by atoms with van der Waals surface area (Å²) < 4.78 is 26.4. The molecule has 0 saturated heterocycles. The van der Waals surface area contributed by atoms with E-state index in [1.165, 1.54) is 36.4 Å². The molecule has 2 rings (SSSR count). The predicted molar refractivity (Wildman–Crippen MR) is 73.6 cm³/mol. The van der Waals surface area contributed by atoms with Crippen LogP contribution in [-0.2, 0) is 16.6 Å². The molecule has 0 fully saturated rings. The summed E-state index contributed by atoms with van der Waals surface area (Å²) in [5.74, 6) is 0.100. The van der Waals surface area contributed by atoms with Gasteiger partial charge < -0.3 is 5.11 Å². The molecule has 0 aromatic heterocycles. The summed E-state index contributed by atoms with van der Waals surface area (Å²) >= 11 is 5.71. The maximum atomic E-state index is 12.0. The van der Waals surface area contributed by atoms with Crippen molar-refractivity contribution in [1.82, 2.24) is 4.72 Å². The molecule has 0 bridgehead atoms. The van der Waals surface area contributed by atoms with E-state index in [2.05, 4.69) is 4.72 Å². The summed E-state index contributed by atoms with van der Waals surface area (Å²) in [6, 6.07) is 12.3. The molecule has 0 heterocycles. The van der Waals surface area contributed by atoms with Gasteiger partial charge in [0.1, 0.15) is 5.75 Å². The molecule has 19 heavy (non-hydrogen) atoms. The molecule has 0 amide bonds. The Kier molecular flexibility index (Phi) is 4.09. The normalized spacial score (nSPS) is 11.4. The molecule has 6 heteroatoms. The van der Waals surface area contributed by atoms with Crippen molar-refractivity contribution in [2.24, 2.45) is 0 Å². The topological polar surface area (TPSA) is 66.4 Å². The second-order valence-electron chi connectivity index (χ2n) is 3.95. The van der Waals surface area contributed by atoms with E-state index in [0.29, 0.717) is 10.6 Å². The van der Waals surface area contributed by atoms with Gasteiger partial charge in [0.15, 0.2) is 0 Å². The Bertz CT molecular complexity index is 669. The monoisotopic (exact) mass is 297 g/mol. The largest absolute Gasteiger partial charge is 0.508 e. The third kappa shape index (κ3) is 3.70. The van der Waals surface area contributed by atoms with Crippen LogP contribution in [0.3, 0.4) is 0 Å². The van der Waals surface area contributed by atoms with Gasteiger partial charge in [-0.15, -0.1) is 0 Å². The first-order valence-corrected chi connectivity index (χ1v) is 7.37. The quantitative estimate of drug-likeness (QED) is 0.911. The van der Waals surface area contributed by atoms with Gasteiger partial charge >= 0.3 is 0 Å². The second-order valence-corrected chi connectivity index (χ2v) is 6.15. The fourth-order valence-electron chi connectivity index (χ4n) is 1.54. The van der Waals surface area contributed by atoms with E-state index in [1.807, 2.05) is 0 Å². The number of hydrogen-bond donors (Lipinski definition) is 2. The number of benzene rings is 2. The van der Waals surface area contributed by atoms with E-state index in [4.69, 9.17) is 11.6 Å². The predicted octanol–water partition coefficient (Wildman–Crippen LogP) is 2.52. The van der Waals surface area contributed by atoms with Crippen molar-refractivity contribution >= 4 is 21.6 Å². The summed E-state index contributed by atoms with van der Waals surface area (Å²) in [5, 5.41) is 9.78. The highest BCUT2D eigenvalue weighted by Crippen LogP contribution is 2.15. The molecule has 0 radical (unpaired) electrons. The molecule has 0 atom stereocenters. The lowest BCUT2D eigenvalue weighted by atomic mass is 10.2. The van der Waals surface area contributed by atoms with Crippen molar-refractivity contribution in [3.63, 3.8) is 0 Å². The number of aromatic hydroxyl groups is 1. The summed E-state index contributed by atoms with van der Waals surface area (Å²) in [7, 11) is -3.58. The van der Waals surface area contributed by atoms with Crippen molar-refractivity contribution in [1.29, 1.82) is 0 Å². The molecule has 0 aliphatic carbocycles. The summed E-state index contributed by atoms with van der Waals surface area (Å²) in [6.07, 6.45) is 0. The number of nitrogens with one attached hydrogen (secondary N) is 1. The van der Waals surface area contributed by atoms with Gasteiger partial charge in [-0.2, -0.15) is 0 Å². The van der Waals surface area contributed by atoms with E-state index in [9.17, 15) is 13.5 Å². The Balaban J connectivity index is 2.12. The van der Waals surface area contributed by atoms with Crippen molar-refractivity contribution in [3.8, 4) is 5.75 Å². The molecule has 2 N–H and O–H groups in total. The molecule has 0 saturated carbocycles. The van der Waals surface area contributed by atoms with Crippen LogP contribution >= 0.6 is 11.6 Å². The van der Waals surface area contributed by atoms with Crippen LogP contribution in [-0.4, -0.2) is 13.5 Å². The zero-order chi connectivity index (χ0) is 13.9. The fraction of sp³-hybridized carbons (Fsp3) is 0.0769. The summed E-state index contributed by atoms with van der Waals surface area (Å²) in [5.41, 5.74) is 0.678. The molecule has 0 aliphatic heterocycles. The van der Waals surface area contributed by atoms with Gasteiger partial charge in [-0.25, -0.2) is 13.1 Å². The lowest BCUT2D eigenvalue weighted by Gasteiger charge is -2.07. The van der Waals surface area contributed by atoms with Gasteiger partial charge in [0.2, 0.25) is 10.0 Å². The van der Waals surface area contributed by atoms with E-state index in [1.54, 1.807) is 12.1 Å². The third-order valence-electron chi connectivity index (χ3n) is 2.50. The van der Waals surface area contributed by atoms with Gasteiger partial charge in [-0.05, 0) is 42.0 Å². The van der Waals surface area contributed by atoms with Crippen LogP contribution in [0.5, 0.6) is 5.75 Å². The molecule has 4 nitrogen and oxygen atoms in total. The third-order valence-corrected chi connectivity index (χ3v) is 4.17. The average molecular weight is 298 g/mol. The van der Waals surface area contributed by atoms with Crippen molar-refractivity contribution < 1.29 is 13.5 Å². The lowest BCUT2D eigenvalue weighted by Crippen LogP contribution is -2.23. The van der Waals surface area contributed by atoms with Gasteiger partial charge in [-0.3, -0.25) is 0 Å². The fourth-order valence-corrected chi connectivity index (χ4v) is 2.69. The summed E-state index contributed by atoms with van der Waals surface area (Å²) in [4.78, 5) is 0.150. The van der Waals surface area contributed by atoms with Gasteiger partial charge in [-0.1, -0.05) is 23.7 Å². The SMILES string of the molecule is O=S(=O)(NCc1cccc(O)c1)c1ccc(Cl)cc1. The van der Waals surface area contributed by atoms with Crippen LogP contribution in [0.4, 0.5) is 0 Å². The van der Waals surface area contributed by atoms with Gasteiger partial charge in [0.25, 0.3) is 0 Å². The molecule has 0 aliphatic rings. The Morgan fingerprint density at radius 2 is 1.79 bits per heavy atom. The van der Waals surface area contributed by atoms with Gasteiger partial charge in [0.05, 0.1) is 4.90 Å². The smallest absolute Gasteiger partial charge is 0.240 e. The highest BCUT2D eigenvalue weighted by atomic mass is 35.5. The first kappa shape index (κ1) is 13.9. The number of phenolic OH excluding ortho intramolecular Hbond substituents is 1. The van der Waals surface area contributed by atoms with E-state index in [0.717, 1.165) is 0 Å². The van der Waals surface area contributed by atoms with Crippen molar-refractivity contribution in [2.45, 2.75) is 11.4 Å².